The summed E-state index contributed by atoms with van der Waals surface area (Å²) in [7, 11) is -3.76. The van der Waals surface area contributed by atoms with Crippen LogP contribution in [-0.2, 0) is 10.0 Å². The van der Waals surface area contributed by atoms with E-state index in [4.69, 9.17) is 5.73 Å². The van der Waals surface area contributed by atoms with E-state index in [0.29, 0.717) is 28.8 Å². The topological polar surface area (TPSA) is 118 Å². The molecule has 0 fully saturated rings. The molecule has 0 radical (unpaired) electrons. The first-order valence-electron chi connectivity index (χ1n) is 11.1. The second-order valence-electron chi connectivity index (χ2n) is 8.96. The molecule has 2 unspecified atom stereocenters. The average Bonchev–Trinajstić information content (AvgIpc) is 3.49. The number of nitriles is 1. The Morgan fingerprint density at radius 3 is 2.83 bits per heavy atom. The lowest BCUT2D eigenvalue weighted by atomic mass is 10.0. The fourth-order valence-electron chi connectivity index (χ4n) is 4.63. The van der Waals surface area contributed by atoms with Crippen molar-refractivity contribution >= 4 is 43.7 Å². The summed E-state index contributed by atoms with van der Waals surface area (Å²) in [5.41, 5.74) is 10.9. The van der Waals surface area contributed by atoms with E-state index in [1.807, 2.05) is 49.6 Å². The molecule has 2 heterocycles. The van der Waals surface area contributed by atoms with Crippen molar-refractivity contribution < 1.29 is 8.42 Å². The molecule has 9 heteroatoms. The Balaban J connectivity index is 1.63. The number of hydrogen-bond donors (Lipinski definition) is 2. The predicted octanol–water partition coefficient (Wildman–Crippen LogP) is 4.89. The van der Waals surface area contributed by atoms with E-state index in [1.54, 1.807) is 31.3 Å². The summed E-state index contributed by atoms with van der Waals surface area (Å²) in [5, 5.41) is 9.94. The highest BCUT2D eigenvalue weighted by atomic mass is 32.2. The molecule has 0 saturated carbocycles. The van der Waals surface area contributed by atoms with Crippen molar-refractivity contribution in [3.63, 3.8) is 0 Å². The number of hydrogen-bond acceptors (Lipinski definition) is 6. The number of rotatable bonds is 5. The highest BCUT2D eigenvalue weighted by molar-refractivity contribution is 8.02. The fraction of sp³-hybridized carbons (Fsp3) is 0.231. The number of nitrogens with one attached hydrogen (secondary N) is 1. The van der Waals surface area contributed by atoms with E-state index in [-0.39, 0.29) is 0 Å². The Morgan fingerprint density at radius 2 is 2.09 bits per heavy atom. The summed E-state index contributed by atoms with van der Waals surface area (Å²) in [6.45, 7) is 3.67. The molecule has 0 bridgehead atoms. The molecule has 2 aromatic carbocycles. The quantitative estimate of drug-likeness (QED) is 0.400. The van der Waals surface area contributed by atoms with Gasteiger partial charge in [0.25, 0.3) is 0 Å². The summed E-state index contributed by atoms with van der Waals surface area (Å²) in [6, 6.07) is 12.4. The average molecular weight is 504 g/mol. The van der Waals surface area contributed by atoms with E-state index >= 15 is 0 Å². The zero-order valence-electron chi connectivity index (χ0n) is 19.6. The molecular formula is C26H25N5O2S2. The van der Waals surface area contributed by atoms with E-state index in [9.17, 15) is 13.7 Å². The monoisotopic (exact) mass is 503 g/mol. The Kier molecular flexibility index (Phi) is 5.63. The molecule has 0 saturated heterocycles. The summed E-state index contributed by atoms with van der Waals surface area (Å²) < 4.78 is 28.2. The maximum absolute atomic E-state index is 13.9. The molecule has 1 aliphatic carbocycles. The second-order valence-corrected chi connectivity index (χ2v) is 12.1. The third-order valence-corrected chi connectivity index (χ3v) is 9.66. The highest BCUT2D eigenvalue weighted by Gasteiger charge is 2.40. The van der Waals surface area contributed by atoms with Gasteiger partial charge in [0.15, 0.2) is 0 Å². The van der Waals surface area contributed by atoms with Crippen LogP contribution in [0.25, 0.3) is 21.9 Å². The van der Waals surface area contributed by atoms with Crippen molar-refractivity contribution in [3.8, 4) is 6.07 Å². The number of aromatic amines is 1. The lowest BCUT2D eigenvalue weighted by Gasteiger charge is -2.29. The third kappa shape index (κ3) is 3.69. The van der Waals surface area contributed by atoms with E-state index in [0.717, 1.165) is 26.9 Å². The third-order valence-electron chi connectivity index (χ3n) is 6.65. The molecule has 0 aliphatic heterocycles. The first kappa shape index (κ1) is 23.4. The lowest BCUT2D eigenvalue weighted by molar-refractivity contribution is 0.554. The summed E-state index contributed by atoms with van der Waals surface area (Å²) in [4.78, 5) is 8.78. The van der Waals surface area contributed by atoms with Crippen LogP contribution in [0.4, 0.5) is 0 Å². The van der Waals surface area contributed by atoms with Crippen LogP contribution in [0, 0.1) is 18.3 Å². The smallest absolute Gasteiger partial charge is 0.248 e. The Labute approximate surface area is 208 Å². The predicted molar refractivity (Wildman–Crippen MR) is 142 cm³/mol. The molecule has 4 aromatic rings. The minimum Gasteiger partial charge on any atom is -0.340 e. The first-order valence-corrected chi connectivity index (χ1v) is 13.8. The van der Waals surface area contributed by atoms with Crippen LogP contribution >= 0.6 is 11.8 Å². The zero-order chi connectivity index (χ0) is 25.0. The SMILES string of the molecule is CSC1=CC(C)(S(=O)(=O)n2ccc3c(C(N)c4nc5ccc(C#N)cc5[nH]4)ccc(C)c32)CC=C1. The van der Waals surface area contributed by atoms with Gasteiger partial charge < -0.3 is 10.7 Å². The van der Waals surface area contributed by atoms with Gasteiger partial charge in [0, 0.05) is 16.5 Å². The molecule has 35 heavy (non-hydrogen) atoms. The standard InChI is InChI=1S/C26H25N5O2S2/c1-16-6-8-19(23(28)25-29-21-9-7-17(15-27)13-22(21)30-25)20-10-12-31(24(16)20)35(32,33)26(2)11-4-5-18(14-26)34-3/h4-10,12-14,23H,11,28H2,1-3H3,(H,29,30). The highest BCUT2D eigenvalue weighted by Crippen LogP contribution is 2.37. The minimum absolute atomic E-state index is 0.404. The largest absolute Gasteiger partial charge is 0.340 e. The number of nitrogens with two attached hydrogens (primary N) is 1. The van der Waals surface area contributed by atoms with Crippen molar-refractivity contribution in [1.82, 2.24) is 13.9 Å². The summed E-state index contributed by atoms with van der Waals surface area (Å²) in [6.07, 6.45) is 9.69. The number of H-pyrrole nitrogens is 1. The van der Waals surface area contributed by atoms with Gasteiger partial charge in [-0.05, 0) is 68.0 Å². The van der Waals surface area contributed by atoms with Crippen molar-refractivity contribution in [2.45, 2.75) is 31.1 Å². The molecule has 7 nitrogen and oxygen atoms in total. The molecule has 2 atom stereocenters. The van der Waals surface area contributed by atoms with Crippen molar-refractivity contribution in [3.05, 3.63) is 88.2 Å². The maximum Gasteiger partial charge on any atom is 0.248 e. The zero-order valence-corrected chi connectivity index (χ0v) is 21.2. The number of aryl methyl sites for hydroxylation is 1. The van der Waals surface area contributed by atoms with E-state index < -0.39 is 20.8 Å². The van der Waals surface area contributed by atoms with E-state index in [2.05, 4.69) is 16.0 Å². The molecule has 0 amide bonds. The number of aromatic nitrogens is 3. The Morgan fingerprint density at radius 1 is 1.29 bits per heavy atom. The number of nitrogens with zero attached hydrogens (tertiary/aromatic N) is 3. The van der Waals surface area contributed by atoms with Gasteiger partial charge in [-0.1, -0.05) is 24.3 Å². The van der Waals surface area contributed by atoms with Gasteiger partial charge in [0.05, 0.1) is 34.2 Å². The number of benzene rings is 2. The number of thioether (sulfide) groups is 1. The van der Waals surface area contributed by atoms with Crippen LogP contribution in [0.1, 0.15) is 41.9 Å². The minimum atomic E-state index is -3.76. The van der Waals surface area contributed by atoms with Gasteiger partial charge in [0.2, 0.25) is 10.0 Å². The Hall–Kier alpha value is -3.32. The normalized spacial score (nSPS) is 19.1. The van der Waals surface area contributed by atoms with Crippen molar-refractivity contribution in [2.75, 3.05) is 6.26 Å². The van der Waals surface area contributed by atoms with Gasteiger partial charge >= 0.3 is 0 Å². The van der Waals surface area contributed by atoms with Gasteiger partial charge in [-0.3, -0.25) is 0 Å². The van der Waals surface area contributed by atoms with Crippen LogP contribution in [-0.4, -0.2) is 33.4 Å². The van der Waals surface area contributed by atoms with Gasteiger partial charge in [-0.15, -0.1) is 11.8 Å². The maximum atomic E-state index is 13.9. The van der Waals surface area contributed by atoms with Crippen LogP contribution in [0.2, 0.25) is 0 Å². The summed E-state index contributed by atoms with van der Waals surface area (Å²) >= 11 is 1.53. The van der Waals surface area contributed by atoms with Crippen LogP contribution in [0.15, 0.2) is 65.7 Å². The molecule has 178 valence electrons. The summed E-state index contributed by atoms with van der Waals surface area (Å²) in [5.74, 6) is 0.549. The number of allylic oxidation sites excluding steroid dienone is 2. The Bertz CT molecular complexity index is 1690. The van der Waals surface area contributed by atoms with Crippen molar-refractivity contribution in [1.29, 1.82) is 5.26 Å². The molecule has 5 rings (SSSR count). The number of fused-ring (bicyclic) bond motifs is 2. The molecule has 2 aromatic heterocycles. The van der Waals surface area contributed by atoms with Crippen LogP contribution in [0.5, 0.6) is 0 Å². The van der Waals surface area contributed by atoms with Gasteiger partial charge in [-0.25, -0.2) is 17.4 Å². The number of imidazole rings is 1. The molecule has 0 spiro atoms. The van der Waals surface area contributed by atoms with Crippen molar-refractivity contribution in [2.24, 2.45) is 5.73 Å². The van der Waals surface area contributed by atoms with Crippen LogP contribution in [0.3, 0.4) is 0 Å². The van der Waals surface area contributed by atoms with Crippen LogP contribution < -0.4 is 5.73 Å². The second kappa shape index (κ2) is 8.41. The molecular weight excluding hydrogens is 478 g/mol. The van der Waals surface area contributed by atoms with Gasteiger partial charge in [-0.2, -0.15) is 5.26 Å². The van der Waals surface area contributed by atoms with E-state index in [1.165, 1.54) is 15.7 Å². The van der Waals surface area contributed by atoms with Gasteiger partial charge in [0.1, 0.15) is 10.6 Å². The fourth-order valence-corrected chi connectivity index (χ4v) is 7.05. The molecule has 1 aliphatic rings. The molecule has 3 N–H and O–H groups in total. The lowest BCUT2D eigenvalue weighted by Crippen LogP contribution is -2.38. The first-order chi connectivity index (χ1) is 16.7.